The fourth-order valence-corrected chi connectivity index (χ4v) is 3.91. The molecule has 0 saturated carbocycles. The highest BCUT2D eigenvalue weighted by molar-refractivity contribution is 9.11. The van der Waals surface area contributed by atoms with Gasteiger partial charge in [-0.1, -0.05) is 16.5 Å². The molecule has 4 aromatic heterocycles. The van der Waals surface area contributed by atoms with Gasteiger partial charge in [0.05, 0.1) is 14.4 Å². The monoisotopic (exact) mass is 367 g/mol. The lowest BCUT2D eigenvalue weighted by Gasteiger charge is -1.89. The van der Waals surface area contributed by atoms with Gasteiger partial charge < -0.3 is 4.52 Å². The molecule has 0 fully saturated rings. The van der Waals surface area contributed by atoms with E-state index in [9.17, 15) is 0 Å². The summed E-state index contributed by atoms with van der Waals surface area (Å²) in [5.41, 5.74) is 0.827. The zero-order valence-corrected chi connectivity index (χ0v) is 13.3. The van der Waals surface area contributed by atoms with Crippen molar-refractivity contribution in [2.75, 3.05) is 0 Å². The van der Waals surface area contributed by atoms with Gasteiger partial charge in [0.1, 0.15) is 0 Å². The number of hydrogen-bond donors (Lipinski definition) is 0. The first-order valence-corrected chi connectivity index (χ1v) is 8.05. The highest BCUT2D eigenvalue weighted by Gasteiger charge is 2.17. The Kier molecular flexibility index (Phi) is 2.72. The van der Waals surface area contributed by atoms with Crippen molar-refractivity contribution < 1.29 is 4.52 Å². The molecule has 9 heteroatoms. The number of fused-ring (bicyclic) bond motifs is 1. The van der Waals surface area contributed by atoms with Gasteiger partial charge in [0.15, 0.2) is 16.6 Å². The summed E-state index contributed by atoms with van der Waals surface area (Å²) in [6.07, 6.45) is 0. The van der Waals surface area contributed by atoms with Crippen LogP contribution in [0.5, 0.6) is 0 Å². The summed E-state index contributed by atoms with van der Waals surface area (Å²) in [5, 5.41) is 17.5. The highest BCUT2D eigenvalue weighted by atomic mass is 79.9. The van der Waals surface area contributed by atoms with Gasteiger partial charge in [0.2, 0.25) is 4.96 Å². The van der Waals surface area contributed by atoms with E-state index in [0.717, 1.165) is 30.2 Å². The number of thiophene rings is 1. The van der Waals surface area contributed by atoms with E-state index in [4.69, 9.17) is 4.52 Å². The van der Waals surface area contributed by atoms with Crippen molar-refractivity contribution >= 4 is 43.6 Å². The van der Waals surface area contributed by atoms with E-state index >= 15 is 0 Å². The van der Waals surface area contributed by atoms with Crippen LogP contribution in [0, 0.1) is 6.92 Å². The Balaban J connectivity index is 1.86. The average molecular weight is 368 g/mol. The van der Waals surface area contributed by atoms with Crippen molar-refractivity contribution in [1.82, 2.24) is 25.0 Å². The third kappa shape index (κ3) is 1.89. The van der Waals surface area contributed by atoms with Crippen molar-refractivity contribution in [2.45, 2.75) is 6.92 Å². The molecule has 20 heavy (non-hydrogen) atoms. The topological polar surface area (TPSA) is 69.1 Å². The average Bonchev–Trinajstić information content (AvgIpc) is 3.11. The van der Waals surface area contributed by atoms with Crippen molar-refractivity contribution in [1.29, 1.82) is 0 Å². The smallest absolute Gasteiger partial charge is 0.235 e. The molecule has 0 amide bonds. The van der Waals surface area contributed by atoms with E-state index in [1.165, 1.54) is 11.3 Å². The second-order valence-electron chi connectivity index (χ2n) is 4.06. The molecule has 0 aliphatic carbocycles. The second-order valence-corrected chi connectivity index (χ2v) is 7.48. The fourth-order valence-electron chi connectivity index (χ4n) is 1.77. The maximum atomic E-state index is 5.23. The molecule has 0 N–H and O–H groups in total. The molecule has 4 aromatic rings. The third-order valence-electron chi connectivity index (χ3n) is 2.62. The molecule has 4 rings (SSSR count). The molecule has 100 valence electrons. The Bertz CT molecular complexity index is 905. The largest absolute Gasteiger partial charge is 0.353 e. The number of rotatable bonds is 2. The van der Waals surface area contributed by atoms with Gasteiger partial charge in [-0.2, -0.15) is 4.52 Å². The molecule has 0 unspecified atom stereocenters. The van der Waals surface area contributed by atoms with Crippen LogP contribution in [0.2, 0.25) is 0 Å². The normalized spacial score (nSPS) is 11.5. The quantitative estimate of drug-likeness (QED) is 0.540. The van der Waals surface area contributed by atoms with Crippen LogP contribution in [0.4, 0.5) is 0 Å². The Morgan fingerprint density at radius 2 is 2.15 bits per heavy atom. The van der Waals surface area contributed by atoms with Gasteiger partial charge >= 0.3 is 0 Å². The summed E-state index contributed by atoms with van der Waals surface area (Å²) in [7, 11) is 0. The molecule has 0 radical (unpaired) electrons. The standard InChI is InChI=1S/C11H6BrN5OS2/c1-5-4-6(18-16-5)10-15-17-9(13-14-11(17)20-10)7-2-3-8(12)19-7/h2-4H,1H3. The molecule has 0 spiro atoms. The minimum Gasteiger partial charge on any atom is -0.353 e. The van der Waals surface area contributed by atoms with Crippen LogP contribution >= 0.6 is 38.6 Å². The van der Waals surface area contributed by atoms with Crippen LogP contribution < -0.4 is 0 Å². The lowest BCUT2D eigenvalue weighted by atomic mass is 10.4. The van der Waals surface area contributed by atoms with Crippen molar-refractivity contribution in [3.63, 3.8) is 0 Å². The summed E-state index contributed by atoms with van der Waals surface area (Å²) in [6.45, 7) is 1.88. The summed E-state index contributed by atoms with van der Waals surface area (Å²) >= 11 is 6.46. The maximum absolute atomic E-state index is 5.23. The molecule has 4 heterocycles. The number of hydrogen-bond acceptors (Lipinski definition) is 7. The van der Waals surface area contributed by atoms with E-state index < -0.39 is 0 Å². The van der Waals surface area contributed by atoms with Crippen molar-refractivity contribution in [3.8, 4) is 21.5 Å². The molecule has 0 aromatic carbocycles. The molecule has 0 aliphatic rings. The summed E-state index contributed by atoms with van der Waals surface area (Å²) < 4.78 is 8.01. The van der Waals surface area contributed by atoms with Crippen molar-refractivity contribution in [2.24, 2.45) is 0 Å². The van der Waals surface area contributed by atoms with E-state index in [1.54, 1.807) is 15.9 Å². The first-order valence-electron chi connectivity index (χ1n) is 5.62. The Hall–Kier alpha value is -1.58. The van der Waals surface area contributed by atoms with Crippen LogP contribution in [-0.2, 0) is 0 Å². The predicted molar refractivity (Wildman–Crippen MR) is 79.9 cm³/mol. The predicted octanol–water partition coefficient (Wildman–Crippen LogP) is 3.64. The number of nitrogens with zero attached hydrogens (tertiary/aromatic N) is 5. The molecule has 0 atom stereocenters. The first kappa shape index (κ1) is 12.2. The van der Waals surface area contributed by atoms with Gasteiger partial charge in [-0.3, -0.25) is 0 Å². The van der Waals surface area contributed by atoms with E-state index in [2.05, 4.69) is 36.4 Å². The zero-order valence-electron chi connectivity index (χ0n) is 10.1. The third-order valence-corrected chi connectivity index (χ3v) is 5.16. The first-order chi connectivity index (χ1) is 9.70. The summed E-state index contributed by atoms with van der Waals surface area (Å²) in [4.78, 5) is 1.74. The SMILES string of the molecule is Cc1cc(-c2nn3c(-c4ccc(Br)s4)nnc3s2)on1. The van der Waals surface area contributed by atoms with E-state index in [-0.39, 0.29) is 0 Å². The zero-order chi connectivity index (χ0) is 13.7. The van der Waals surface area contributed by atoms with Gasteiger partial charge in [0.25, 0.3) is 0 Å². The number of aromatic nitrogens is 5. The van der Waals surface area contributed by atoms with Crippen molar-refractivity contribution in [3.05, 3.63) is 27.7 Å². The minimum absolute atomic E-state index is 0.649. The summed E-state index contributed by atoms with van der Waals surface area (Å²) in [6, 6.07) is 5.82. The Morgan fingerprint density at radius 1 is 1.25 bits per heavy atom. The lowest BCUT2D eigenvalue weighted by molar-refractivity contribution is 0.426. The lowest BCUT2D eigenvalue weighted by Crippen LogP contribution is -1.88. The number of aryl methyl sites for hydroxylation is 1. The summed E-state index contributed by atoms with van der Waals surface area (Å²) in [5.74, 6) is 1.38. The maximum Gasteiger partial charge on any atom is 0.235 e. The molecular formula is C11H6BrN5OS2. The van der Waals surface area contributed by atoms with E-state index in [1.807, 2.05) is 25.1 Å². The fraction of sp³-hybridized carbons (Fsp3) is 0.0909. The second kappa shape index (κ2) is 4.47. The van der Waals surface area contributed by atoms with Crippen LogP contribution in [-0.4, -0.2) is 25.0 Å². The van der Waals surface area contributed by atoms with Crippen LogP contribution in [0.15, 0.2) is 26.5 Å². The number of halogens is 1. The molecular weight excluding hydrogens is 362 g/mol. The molecule has 0 aliphatic heterocycles. The van der Waals surface area contributed by atoms with Gasteiger partial charge in [-0.15, -0.1) is 26.6 Å². The Morgan fingerprint density at radius 3 is 2.85 bits per heavy atom. The van der Waals surface area contributed by atoms with Crippen LogP contribution in [0.3, 0.4) is 0 Å². The van der Waals surface area contributed by atoms with Crippen LogP contribution in [0.1, 0.15) is 5.69 Å². The van der Waals surface area contributed by atoms with Gasteiger partial charge in [0, 0.05) is 6.07 Å². The molecule has 0 saturated heterocycles. The Labute approximate surface area is 129 Å². The van der Waals surface area contributed by atoms with Crippen LogP contribution in [0.25, 0.3) is 26.4 Å². The molecule has 6 nitrogen and oxygen atoms in total. The van der Waals surface area contributed by atoms with Gasteiger partial charge in [-0.05, 0) is 35.0 Å². The van der Waals surface area contributed by atoms with E-state index in [0.29, 0.717) is 5.76 Å². The molecule has 0 bridgehead atoms. The highest BCUT2D eigenvalue weighted by Crippen LogP contribution is 2.32. The minimum atomic E-state index is 0.649. The van der Waals surface area contributed by atoms with Gasteiger partial charge in [-0.25, -0.2) is 0 Å².